The van der Waals surface area contributed by atoms with Crippen LogP contribution in [0.2, 0.25) is 0 Å². The molecule has 1 amide bonds. The summed E-state index contributed by atoms with van der Waals surface area (Å²) in [5.41, 5.74) is 2.62. The first-order chi connectivity index (χ1) is 14.1. The maximum Gasteiger partial charge on any atom is 0.274 e. The first-order valence-corrected chi connectivity index (χ1v) is 10.6. The molecule has 1 saturated carbocycles. The second-order valence-corrected chi connectivity index (χ2v) is 8.50. The first kappa shape index (κ1) is 19.5. The van der Waals surface area contributed by atoms with Gasteiger partial charge in [-0.25, -0.2) is 9.97 Å². The zero-order valence-corrected chi connectivity index (χ0v) is 17.3. The van der Waals surface area contributed by atoms with Crippen LogP contribution >= 0.6 is 11.3 Å². The predicted molar refractivity (Wildman–Crippen MR) is 114 cm³/mol. The van der Waals surface area contributed by atoms with E-state index >= 15 is 0 Å². The number of methoxy groups -OCH3 is 1. The molecule has 1 fully saturated rings. The van der Waals surface area contributed by atoms with E-state index in [1.165, 1.54) is 0 Å². The van der Waals surface area contributed by atoms with Gasteiger partial charge in [0.1, 0.15) is 17.7 Å². The average molecular weight is 410 g/mol. The van der Waals surface area contributed by atoms with Gasteiger partial charge in [-0.15, -0.1) is 11.3 Å². The van der Waals surface area contributed by atoms with E-state index in [9.17, 15) is 9.59 Å². The van der Waals surface area contributed by atoms with Crippen molar-refractivity contribution in [2.45, 2.75) is 38.5 Å². The molecular weight excluding hydrogens is 386 g/mol. The van der Waals surface area contributed by atoms with Crippen molar-refractivity contribution in [3.8, 4) is 5.75 Å². The third kappa shape index (κ3) is 4.15. The number of thiazole rings is 1. The monoisotopic (exact) mass is 409 g/mol. The maximum atomic E-state index is 12.6. The number of carbonyl (C=O) groups excluding carboxylic acids is 2. The normalized spacial score (nSPS) is 19.1. The Labute approximate surface area is 173 Å². The molecule has 3 aromatic rings. The Hall–Kier alpha value is -2.80. The highest BCUT2D eigenvalue weighted by Crippen LogP contribution is 2.40. The van der Waals surface area contributed by atoms with Crippen molar-refractivity contribution in [1.82, 2.24) is 9.97 Å². The molecule has 1 aromatic carbocycles. The van der Waals surface area contributed by atoms with Gasteiger partial charge in [-0.3, -0.25) is 4.79 Å². The number of ether oxygens (including phenoxy) is 1. The van der Waals surface area contributed by atoms with Gasteiger partial charge in [0.2, 0.25) is 0 Å². The molecule has 1 aliphatic carbocycles. The van der Waals surface area contributed by atoms with Crippen LogP contribution in [-0.4, -0.2) is 29.3 Å². The van der Waals surface area contributed by atoms with E-state index in [-0.39, 0.29) is 11.8 Å². The van der Waals surface area contributed by atoms with E-state index in [1.807, 2.05) is 31.2 Å². The number of nitrogens with one attached hydrogen (secondary N) is 1. The Balaban J connectivity index is 1.60. The lowest BCUT2D eigenvalue weighted by molar-refractivity contribution is -0.111. The maximum absolute atomic E-state index is 12.6. The lowest BCUT2D eigenvalue weighted by atomic mass is 9.83. The highest BCUT2D eigenvalue weighted by Gasteiger charge is 2.25. The molecular formula is C22H23N3O3S. The van der Waals surface area contributed by atoms with Crippen molar-refractivity contribution in [1.29, 1.82) is 0 Å². The van der Waals surface area contributed by atoms with E-state index in [0.29, 0.717) is 23.0 Å². The van der Waals surface area contributed by atoms with Crippen molar-refractivity contribution in [2.75, 3.05) is 12.4 Å². The number of hydrogen-bond donors (Lipinski definition) is 1. The molecule has 4 rings (SSSR count). The third-order valence-electron chi connectivity index (χ3n) is 5.41. The summed E-state index contributed by atoms with van der Waals surface area (Å²) in [4.78, 5) is 32.7. The fourth-order valence-corrected chi connectivity index (χ4v) is 4.93. The summed E-state index contributed by atoms with van der Waals surface area (Å²) < 4.78 is 6.49. The molecule has 0 radical (unpaired) electrons. The van der Waals surface area contributed by atoms with Crippen LogP contribution in [-0.2, 0) is 4.79 Å². The molecule has 0 saturated heterocycles. The van der Waals surface area contributed by atoms with Gasteiger partial charge < -0.3 is 14.8 Å². The lowest BCUT2D eigenvalue weighted by Gasteiger charge is -2.23. The fourth-order valence-electron chi connectivity index (χ4n) is 3.77. The molecule has 0 atom stereocenters. The summed E-state index contributed by atoms with van der Waals surface area (Å²) in [6.07, 6.45) is 4.92. The van der Waals surface area contributed by atoms with Crippen molar-refractivity contribution in [3.05, 3.63) is 46.7 Å². The summed E-state index contributed by atoms with van der Waals surface area (Å²) in [6.45, 7) is 1.85. The molecule has 7 heteroatoms. The zero-order valence-electron chi connectivity index (χ0n) is 16.5. The van der Waals surface area contributed by atoms with Crippen LogP contribution < -0.4 is 10.1 Å². The number of anilines is 1. The molecule has 150 valence electrons. The smallest absolute Gasteiger partial charge is 0.274 e. The summed E-state index contributed by atoms with van der Waals surface area (Å²) in [5, 5.41) is 4.01. The van der Waals surface area contributed by atoms with Gasteiger partial charge in [0.25, 0.3) is 5.91 Å². The van der Waals surface area contributed by atoms with Crippen LogP contribution in [0.4, 0.5) is 5.69 Å². The first-order valence-electron chi connectivity index (χ1n) is 9.76. The lowest BCUT2D eigenvalue weighted by Crippen LogP contribution is -2.14. The number of nitrogens with zero attached hydrogens (tertiary/aromatic N) is 2. The van der Waals surface area contributed by atoms with Crippen LogP contribution in [0.5, 0.6) is 5.75 Å². The highest BCUT2D eigenvalue weighted by molar-refractivity contribution is 7.18. The molecule has 0 aliphatic heterocycles. The summed E-state index contributed by atoms with van der Waals surface area (Å²) in [7, 11) is 1.58. The number of amides is 1. The topological polar surface area (TPSA) is 81.2 Å². The number of aromatic nitrogens is 2. The second kappa shape index (κ2) is 8.29. The van der Waals surface area contributed by atoms with Gasteiger partial charge >= 0.3 is 0 Å². The number of hydrogen-bond acceptors (Lipinski definition) is 6. The average Bonchev–Trinajstić information content (AvgIpc) is 3.16. The molecule has 0 unspecified atom stereocenters. The van der Waals surface area contributed by atoms with Crippen molar-refractivity contribution in [2.24, 2.45) is 5.92 Å². The Morgan fingerprint density at radius 3 is 2.69 bits per heavy atom. The van der Waals surface area contributed by atoms with Gasteiger partial charge in [-0.1, -0.05) is 6.07 Å². The fraction of sp³-hybridized carbons (Fsp3) is 0.364. The minimum atomic E-state index is -0.275. The summed E-state index contributed by atoms with van der Waals surface area (Å²) in [6, 6.07) is 9.14. The van der Waals surface area contributed by atoms with Gasteiger partial charge in [0.05, 0.1) is 28.0 Å². The molecule has 1 N–H and O–H groups in total. The molecule has 0 spiro atoms. The van der Waals surface area contributed by atoms with Gasteiger partial charge in [0.15, 0.2) is 0 Å². The molecule has 1 aliphatic rings. The molecule has 6 nitrogen and oxygen atoms in total. The van der Waals surface area contributed by atoms with Crippen molar-refractivity contribution in [3.63, 3.8) is 0 Å². The zero-order chi connectivity index (χ0) is 20.4. The third-order valence-corrected chi connectivity index (χ3v) is 6.59. The Morgan fingerprint density at radius 2 is 2.00 bits per heavy atom. The highest BCUT2D eigenvalue weighted by atomic mass is 32.1. The molecule has 29 heavy (non-hydrogen) atoms. The van der Waals surface area contributed by atoms with Gasteiger partial charge in [-0.2, -0.15) is 0 Å². The van der Waals surface area contributed by atoms with Crippen LogP contribution in [0.15, 0.2) is 30.3 Å². The van der Waals surface area contributed by atoms with E-state index in [1.54, 1.807) is 24.5 Å². The second-order valence-electron chi connectivity index (χ2n) is 7.44. The molecule has 2 heterocycles. The largest absolute Gasteiger partial charge is 0.494 e. The van der Waals surface area contributed by atoms with Crippen molar-refractivity contribution < 1.29 is 14.3 Å². The SMILES string of the molecule is COc1cc2nc([C@H]3CC[C@H](C=O)CC3)sc2cc1NC(=O)c1cccc(C)n1. The van der Waals surface area contributed by atoms with Gasteiger partial charge in [0, 0.05) is 23.6 Å². The van der Waals surface area contributed by atoms with Crippen LogP contribution in [0.3, 0.4) is 0 Å². The van der Waals surface area contributed by atoms with Crippen LogP contribution in [0.1, 0.15) is 52.8 Å². The Bertz CT molecular complexity index is 1050. The van der Waals surface area contributed by atoms with E-state index < -0.39 is 0 Å². The number of pyridine rings is 1. The Morgan fingerprint density at radius 1 is 1.21 bits per heavy atom. The van der Waals surface area contributed by atoms with E-state index in [0.717, 1.165) is 52.9 Å². The number of fused-ring (bicyclic) bond motifs is 1. The molecule has 0 bridgehead atoms. The number of aldehydes is 1. The number of carbonyl (C=O) groups is 2. The minimum absolute atomic E-state index is 0.192. The minimum Gasteiger partial charge on any atom is -0.494 e. The Kier molecular flexibility index (Phi) is 5.58. The predicted octanol–water partition coefficient (Wildman–Crippen LogP) is 4.73. The molecule has 2 aromatic heterocycles. The number of aryl methyl sites for hydroxylation is 1. The number of rotatable bonds is 5. The quantitative estimate of drug-likeness (QED) is 0.616. The van der Waals surface area contributed by atoms with E-state index in [4.69, 9.17) is 9.72 Å². The van der Waals surface area contributed by atoms with E-state index in [2.05, 4.69) is 10.3 Å². The number of benzene rings is 1. The van der Waals surface area contributed by atoms with Crippen LogP contribution in [0, 0.1) is 12.8 Å². The van der Waals surface area contributed by atoms with Gasteiger partial charge in [-0.05, 0) is 50.8 Å². The standard InChI is InChI=1S/C22H23N3O3S/c1-13-4-3-5-16(23-13)21(27)24-17-11-20-18(10-19(17)28-2)25-22(29-20)15-8-6-14(12-26)7-9-15/h3-5,10-12,14-15H,6-9H2,1-2H3,(H,24,27)/t14-,15-. The van der Waals surface area contributed by atoms with Crippen molar-refractivity contribution >= 4 is 39.4 Å². The van der Waals surface area contributed by atoms with Crippen LogP contribution in [0.25, 0.3) is 10.2 Å². The summed E-state index contributed by atoms with van der Waals surface area (Å²) in [5.74, 6) is 0.880. The summed E-state index contributed by atoms with van der Waals surface area (Å²) >= 11 is 1.65.